The van der Waals surface area contributed by atoms with Crippen LogP contribution in [0.15, 0.2) is 0 Å². The van der Waals surface area contributed by atoms with Crippen molar-refractivity contribution < 1.29 is 9.47 Å². The van der Waals surface area contributed by atoms with Crippen molar-refractivity contribution >= 4 is 0 Å². The molecule has 3 heteroatoms. The third-order valence-corrected chi connectivity index (χ3v) is 3.45. The first-order valence-corrected chi connectivity index (χ1v) is 6.56. The first-order chi connectivity index (χ1) is 7.76. The third kappa shape index (κ3) is 3.72. The van der Waals surface area contributed by atoms with Crippen molar-refractivity contribution in [3.63, 3.8) is 0 Å². The highest BCUT2D eigenvalue weighted by molar-refractivity contribution is 4.96. The zero-order chi connectivity index (χ0) is 12.0. The SMILES string of the molecule is CC.COCC1(CN2CCOCC2C)CC1. The summed E-state index contributed by atoms with van der Waals surface area (Å²) >= 11 is 0. The Morgan fingerprint density at radius 1 is 1.38 bits per heavy atom. The molecule has 3 nitrogen and oxygen atoms in total. The Balaban J connectivity index is 0.000000606. The van der Waals surface area contributed by atoms with Gasteiger partial charge in [-0.1, -0.05) is 13.8 Å². The Bertz CT molecular complexity index is 192. The Hall–Kier alpha value is -0.120. The number of morpholine rings is 1. The molecule has 16 heavy (non-hydrogen) atoms. The maximum absolute atomic E-state index is 5.43. The molecule has 0 radical (unpaired) electrons. The lowest BCUT2D eigenvalue weighted by atomic mass is 10.1. The van der Waals surface area contributed by atoms with Gasteiger partial charge in [-0.2, -0.15) is 0 Å². The highest BCUT2D eigenvalue weighted by Crippen LogP contribution is 2.46. The topological polar surface area (TPSA) is 21.7 Å². The lowest BCUT2D eigenvalue weighted by Crippen LogP contribution is -2.46. The van der Waals surface area contributed by atoms with E-state index < -0.39 is 0 Å². The van der Waals surface area contributed by atoms with Crippen molar-refractivity contribution in [3.05, 3.63) is 0 Å². The molecule has 1 aliphatic carbocycles. The van der Waals surface area contributed by atoms with E-state index in [4.69, 9.17) is 9.47 Å². The zero-order valence-electron chi connectivity index (χ0n) is 11.3. The molecule has 1 saturated carbocycles. The lowest BCUT2D eigenvalue weighted by Gasteiger charge is -2.35. The molecule has 0 spiro atoms. The van der Waals surface area contributed by atoms with Gasteiger partial charge < -0.3 is 9.47 Å². The fourth-order valence-electron chi connectivity index (χ4n) is 2.26. The van der Waals surface area contributed by atoms with Gasteiger partial charge in [-0.15, -0.1) is 0 Å². The summed E-state index contributed by atoms with van der Waals surface area (Å²) in [6.07, 6.45) is 2.68. The first-order valence-electron chi connectivity index (χ1n) is 6.56. The largest absolute Gasteiger partial charge is 0.384 e. The fourth-order valence-corrected chi connectivity index (χ4v) is 2.26. The maximum atomic E-state index is 5.43. The van der Waals surface area contributed by atoms with Crippen molar-refractivity contribution in [2.45, 2.75) is 39.7 Å². The summed E-state index contributed by atoms with van der Waals surface area (Å²) in [6, 6.07) is 0.582. The molecule has 0 amide bonds. The van der Waals surface area contributed by atoms with Gasteiger partial charge in [-0.05, 0) is 19.8 Å². The molecule has 1 atom stereocenters. The molecule has 0 aromatic heterocycles. The summed E-state index contributed by atoms with van der Waals surface area (Å²) in [7, 11) is 1.81. The van der Waals surface area contributed by atoms with Crippen molar-refractivity contribution in [1.29, 1.82) is 0 Å². The first kappa shape index (κ1) is 13.9. The van der Waals surface area contributed by atoms with Crippen LogP contribution in [0.25, 0.3) is 0 Å². The molecule has 0 bridgehead atoms. The van der Waals surface area contributed by atoms with Crippen LogP contribution >= 0.6 is 0 Å². The summed E-state index contributed by atoms with van der Waals surface area (Å²) in [4.78, 5) is 2.55. The van der Waals surface area contributed by atoms with Gasteiger partial charge in [0.2, 0.25) is 0 Å². The molecule has 1 heterocycles. The number of ether oxygens (including phenoxy) is 2. The monoisotopic (exact) mass is 229 g/mol. The highest BCUT2D eigenvalue weighted by atomic mass is 16.5. The predicted molar refractivity (Wildman–Crippen MR) is 66.7 cm³/mol. The standard InChI is InChI=1S/C11H21NO2.C2H6/c1-10-7-14-6-5-12(10)8-11(3-4-11)9-13-2;1-2/h10H,3-9H2,1-2H3;1-2H3. The highest BCUT2D eigenvalue weighted by Gasteiger charge is 2.44. The van der Waals surface area contributed by atoms with Crippen molar-refractivity contribution in [2.75, 3.05) is 40.0 Å². The average Bonchev–Trinajstić information content (AvgIpc) is 3.05. The van der Waals surface area contributed by atoms with Crippen LogP contribution in [-0.2, 0) is 9.47 Å². The van der Waals surface area contributed by atoms with Crippen LogP contribution in [-0.4, -0.2) is 51.0 Å². The Kier molecular flexibility index (Phi) is 5.73. The number of rotatable bonds is 4. The van der Waals surface area contributed by atoms with E-state index in [1.54, 1.807) is 0 Å². The van der Waals surface area contributed by atoms with E-state index in [0.29, 0.717) is 11.5 Å². The van der Waals surface area contributed by atoms with Crippen molar-refractivity contribution in [2.24, 2.45) is 5.41 Å². The van der Waals surface area contributed by atoms with Crippen LogP contribution in [0.1, 0.15) is 33.6 Å². The fraction of sp³-hybridized carbons (Fsp3) is 1.00. The van der Waals surface area contributed by atoms with Crippen LogP contribution in [0.5, 0.6) is 0 Å². The molecule has 0 N–H and O–H groups in total. The molecule has 2 fully saturated rings. The number of nitrogens with zero attached hydrogens (tertiary/aromatic N) is 1. The minimum Gasteiger partial charge on any atom is -0.384 e. The minimum absolute atomic E-state index is 0.486. The third-order valence-electron chi connectivity index (χ3n) is 3.45. The van der Waals surface area contributed by atoms with E-state index in [1.807, 2.05) is 21.0 Å². The van der Waals surface area contributed by atoms with E-state index >= 15 is 0 Å². The van der Waals surface area contributed by atoms with Gasteiger partial charge in [0.25, 0.3) is 0 Å². The van der Waals surface area contributed by atoms with Gasteiger partial charge in [0.15, 0.2) is 0 Å². The molecule has 0 aromatic rings. The van der Waals surface area contributed by atoms with Gasteiger partial charge in [-0.25, -0.2) is 0 Å². The molecule has 2 rings (SSSR count). The molecule has 96 valence electrons. The quantitative estimate of drug-likeness (QED) is 0.737. The number of hydrogen-bond acceptors (Lipinski definition) is 3. The van der Waals surface area contributed by atoms with Gasteiger partial charge in [0.05, 0.1) is 19.8 Å². The van der Waals surface area contributed by atoms with Gasteiger partial charge in [0.1, 0.15) is 0 Å². The maximum Gasteiger partial charge on any atom is 0.0619 e. The van der Waals surface area contributed by atoms with Crippen LogP contribution in [0.4, 0.5) is 0 Å². The van der Waals surface area contributed by atoms with Crippen LogP contribution in [0.2, 0.25) is 0 Å². The Morgan fingerprint density at radius 3 is 2.56 bits per heavy atom. The van der Waals surface area contributed by atoms with Crippen molar-refractivity contribution in [1.82, 2.24) is 4.90 Å². The van der Waals surface area contributed by atoms with Crippen LogP contribution in [0.3, 0.4) is 0 Å². The summed E-state index contributed by atoms with van der Waals surface area (Å²) in [5.74, 6) is 0. The average molecular weight is 229 g/mol. The van der Waals surface area contributed by atoms with Gasteiger partial charge in [0, 0.05) is 31.7 Å². The normalized spacial score (nSPS) is 28.1. The molecule has 0 aromatic carbocycles. The second kappa shape index (κ2) is 6.58. The van der Waals surface area contributed by atoms with Crippen LogP contribution < -0.4 is 0 Å². The van der Waals surface area contributed by atoms with E-state index in [9.17, 15) is 0 Å². The Labute approximate surface area is 100 Å². The van der Waals surface area contributed by atoms with E-state index in [-0.39, 0.29) is 0 Å². The summed E-state index contributed by atoms with van der Waals surface area (Å²) in [6.45, 7) is 11.3. The van der Waals surface area contributed by atoms with Gasteiger partial charge in [-0.3, -0.25) is 4.90 Å². The second-order valence-electron chi connectivity index (χ2n) is 4.83. The van der Waals surface area contributed by atoms with E-state index in [0.717, 1.165) is 26.4 Å². The number of methoxy groups -OCH3 is 1. The molecule has 1 aliphatic heterocycles. The molecular formula is C13H27NO2. The molecular weight excluding hydrogens is 202 g/mol. The van der Waals surface area contributed by atoms with Crippen molar-refractivity contribution in [3.8, 4) is 0 Å². The minimum atomic E-state index is 0.486. The van der Waals surface area contributed by atoms with E-state index in [1.165, 1.54) is 19.4 Å². The molecule has 1 unspecified atom stereocenters. The summed E-state index contributed by atoms with van der Waals surface area (Å²) in [5.41, 5.74) is 0.486. The van der Waals surface area contributed by atoms with Crippen LogP contribution in [0, 0.1) is 5.41 Å². The lowest BCUT2D eigenvalue weighted by molar-refractivity contribution is -0.0166. The predicted octanol–water partition coefficient (Wildman–Crippen LogP) is 2.16. The van der Waals surface area contributed by atoms with Gasteiger partial charge >= 0.3 is 0 Å². The number of hydrogen-bond donors (Lipinski definition) is 0. The molecule has 2 aliphatic rings. The molecule has 1 saturated heterocycles. The summed E-state index contributed by atoms with van der Waals surface area (Å²) in [5, 5.41) is 0. The van der Waals surface area contributed by atoms with E-state index in [2.05, 4.69) is 11.8 Å². The Morgan fingerprint density at radius 2 is 2.06 bits per heavy atom. The second-order valence-corrected chi connectivity index (χ2v) is 4.83. The summed E-state index contributed by atoms with van der Waals surface area (Å²) < 4.78 is 10.7. The smallest absolute Gasteiger partial charge is 0.0619 e. The zero-order valence-corrected chi connectivity index (χ0v) is 11.3.